The summed E-state index contributed by atoms with van der Waals surface area (Å²) < 4.78 is 29.5. The third-order valence-electron chi connectivity index (χ3n) is 7.09. The number of nitrogens with two attached hydrogens (primary N) is 1. The topological polar surface area (TPSA) is 107 Å². The van der Waals surface area contributed by atoms with Crippen LogP contribution in [-0.4, -0.2) is 34.5 Å². The Kier molecular flexibility index (Phi) is 4.23. The van der Waals surface area contributed by atoms with Crippen LogP contribution in [0.2, 0.25) is 0 Å². The molecule has 7 nitrogen and oxygen atoms in total. The van der Waals surface area contributed by atoms with E-state index >= 15 is 0 Å². The highest BCUT2D eigenvalue weighted by molar-refractivity contribution is 7.91. The van der Waals surface area contributed by atoms with E-state index < -0.39 is 9.84 Å². The maximum atomic E-state index is 13.6. The van der Waals surface area contributed by atoms with E-state index in [1.54, 1.807) is 30.3 Å². The van der Waals surface area contributed by atoms with Crippen molar-refractivity contribution in [1.82, 2.24) is 19.5 Å². The Morgan fingerprint density at radius 3 is 2.65 bits per heavy atom. The number of H-pyrrole nitrogens is 1. The van der Waals surface area contributed by atoms with E-state index in [0.29, 0.717) is 36.1 Å². The zero-order chi connectivity index (χ0) is 21.2. The summed E-state index contributed by atoms with van der Waals surface area (Å²) in [5.41, 5.74) is 7.85. The highest BCUT2D eigenvalue weighted by Crippen LogP contribution is 2.52. The molecule has 3 unspecified atom stereocenters. The second kappa shape index (κ2) is 6.90. The zero-order valence-corrected chi connectivity index (χ0v) is 18.0. The van der Waals surface area contributed by atoms with Crippen LogP contribution in [0.5, 0.6) is 0 Å². The van der Waals surface area contributed by atoms with E-state index in [4.69, 9.17) is 10.7 Å². The summed E-state index contributed by atoms with van der Waals surface area (Å²) in [6, 6.07) is 10.8. The van der Waals surface area contributed by atoms with Gasteiger partial charge in [-0.05, 0) is 55.8 Å². The second-order valence-corrected chi connectivity index (χ2v) is 10.7. The molecule has 4 aromatic rings. The number of aromatic amines is 1. The quantitative estimate of drug-likeness (QED) is 0.498. The van der Waals surface area contributed by atoms with Crippen LogP contribution in [0.25, 0.3) is 22.1 Å². The predicted octanol–water partition coefficient (Wildman–Crippen LogP) is 3.61. The number of benzene rings is 1. The predicted molar refractivity (Wildman–Crippen MR) is 119 cm³/mol. The molecule has 3 heterocycles. The number of aromatic nitrogens is 4. The van der Waals surface area contributed by atoms with Gasteiger partial charge in [0.15, 0.2) is 5.03 Å². The van der Waals surface area contributed by atoms with Crippen molar-refractivity contribution in [3.63, 3.8) is 0 Å². The van der Waals surface area contributed by atoms with Gasteiger partial charge in [0.05, 0.1) is 10.4 Å². The lowest BCUT2D eigenvalue weighted by atomic mass is 9.94. The summed E-state index contributed by atoms with van der Waals surface area (Å²) in [5.74, 6) is 2.25. The van der Waals surface area contributed by atoms with Crippen LogP contribution in [0.3, 0.4) is 0 Å². The molecule has 2 saturated carbocycles. The van der Waals surface area contributed by atoms with Crippen molar-refractivity contribution in [1.29, 1.82) is 0 Å². The molecular weight excluding hydrogens is 410 g/mol. The van der Waals surface area contributed by atoms with Gasteiger partial charge in [-0.1, -0.05) is 24.6 Å². The summed E-state index contributed by atoms with van der Waals surface area (Å²) in [5, 5.41) is 0.935. The summed E-state index contributed by atoms with van der Waals surface area (Å²) >= 11 is 0. The fraction of sp³-hybridized carbons (Fsp3) is 0.391. The van der Waals surface area contributed by atoms with Crippen LogP contribution in [-0.2, 0) is 16.3 Å². The van der Waals surface area contributed by atoms with Gasteiger partial charge in [0.1, 0.15) is 17.0 Å². The van der Waals surface area contributed by atoms with E-state index in [9.17, 15) is 8.42 Å². The van der Waals surface area contributed by atoms with Gasteiger partial charge in [0, 0.05) is 24.0 Å². The lowest BCUT2D eigenvalue weighted by Gasteiger charge is -2.26. The highest BCUT2D eigenvalue weighted by atomic mass is 32.2. The molecule has 2 bridgehead atoms. The molecule has 3 atom stereocenters. The van der Waals surface area contributed by atoms with Gasteiger partial charge in [-0.25, -0.2) is 18.4 Å². The summed E-state index contributed by atoms with van der Waals surface area (Å²) in [6.45, 7) is 0.467. The van der Waals surface area contributed by atoms with Gasteiger partial charge in [-0.2, -0.15) is 0 Å². The Hall–Kier alpha value is -2.71. The lowest BCUT2D eigenvalue weighted by molar-refractivity contribution is 0.329. The van der Waals surface area contributed by atoms with E-state index in [-0.39, 0.29) is 9.92 Å². The minimum absolute atomic E-state index is 0.0174. The average Bonchev–Trinajstić information content (AvgIpc) is 3.56. The van der Waals surface area contributed by atoms with Crippen LogP contribution in [0, 0.1) is 11.8 Å². The van der Waals surface area contributed by atoms with E-state index in [2.05, 4.69) is 14.5 Å². The molecule has 0 radical (unpaired) electrons. The fourth-order valence-electron chi connectivity index (χ4n) is 5.77. The van der Waals surface area contributed by atoms with E-state index in [1.165, 1.54) is 19.3 Å². The van der Waals surface area contributed by atoms with Gasteiger partial charge in [0.25, 0.3) is 0 Å². The van der Waals surface area contributed by atoms with Crippen LogP contribution >= 0.6 is 0 Å². The van der Waals surface area contributed by atoms with E-state index in [1.807, 2.05) is 12.3 Å². The molecule has 2 fully saturated rings. The van der Waals surface area contributed by atoms with Gasteiger partial charge in [0.2, 0.25) is 9.84 Å². The van der Waals surface area contributed by atoms with Crippen molar-refractivity contribution in [2.45, 2.75) is 48.1 Å². The number of hydrogen-bond acceptors (Lipinski definition) is 5. The summed E-state index contributed by atoms with van der Waals surface area (Å²) in [6.07, 6.45) is 7.34. The first-order valence-electron chi connectivity index (χ1n) is 11.0. The molecule has 2 aliphatic carbocycles. The molecule has 0 aliphatic heterocycles. The van der Waals surface area contributed by atoms with Gasteiger partial charge >= 0.3 is 0 Å². The fourth-order valence-corrected chi connectivity index (χ4v) is 7.12. The number of sulfone groups is 1. The molecule has 0 amide bonds. The molecule has 31 heavy (non-hydrogen) atoms. The minimum Gasteiger partial charge on any atom is -0.346 e. The Morgan fingerprint density at radius 2 is 1.94 bits per heavy atom. The molecule has 2 aliphatic rings. The smallest absolute Gasteiger partial charge is 0.226 e. The number of nitrogens with one attached hydrogen (secondary N) is 1. The zero-order valence-electron chi connectivity index (χ0n) is 17.2. The standard InChI is InChI=1S/C23H25N5O2S/c24-10-8-19-26-20-21(28(19)18-13-14-6-7-15(18)12-14)17-9-11-25-22(17)27-23(20)31(29,30)16-4-2-1-3-5-16/h1-5,9,11,14-15,18H,6-8,10,12-13,24H2,(H,25,27). The number of hydrogen-bond donors (Lipinski definition) is 2. The van der Waals surface area contributed by atoms with Crippen LogP contribution in [0.1, 0.15) is 37.5 Å². The first-order valence-corrected chi connectivity index (χ1v) is 12.4. The largest absolute Gasteiger partial charge is 0.346 e. The molecule has 6 rings (SSSR count). The number of nitrogens with zero attached hydrogens (tertiary/aromatic N) is 3. The van der Waals surface area contributed by atoms with Crippen molar-refractivity contribution in [3.05, 3.63) is 48.4 Å². The van der Waals surface area contributed by atoms with Crippen molar-refractivity contribution < 1.29 is 8.42 Å². The molecule has 3 aromatic heterocycles. The monoisotopic (exact) mass is 435 g/mol. The maximum Gasteiger partial charge on any atom is 0.226 e. The molecular formula is C23H25N5O2S. The normalized spacial score (nSPS) is 23.3. The molecule has 1 aromatic carbocycles. The van der Waals surface area contributed by atoms with Gasteiger partial charge < -0.3 is 15.3 Å². The van der Waals surface area contributed by atoms with Crippen LogP contribution in [0.15, 0.2) is 52.5 Å². The van der Waals surface area contributed by atoms with Crippen LogP contribution in [0.4, 0.5) is 0 Å². The van der Waals surface area contributed by atoms with Crippen molar-refractivity contribution in [2.75, 3.05) is 6.54 Å². The first-order chi connectivity index (χ1) is 15.1. The van der Waals surface area contributed by atoms with Crippen molar-refractivity contribution in [2.24, 2.45) is 17.6 Å². The van der Waals surface area contributed by atoms with Crippen molar-refractivity contribution in [3.8, 4) is 0 Å². The summed E-state index contributed by atoms with van der Waals surface area (Å²) in [7, 11) is -3.83. The van der Waals surface area contributed by atoms with E-state index in [0.717, 1.165) is 29.1 Å². The number of fused-ring (bicyclic) bond motifs is 5. The van der Waals surface area contributed by atoms with Gasteiger partial charge in [-0.3, -0.25) is 0 Å². The first kappa shape index (κ1) is 19.0. The number of imidazole rings is 1. The molecule has 0 spiro atoms. The lowest BCUT2D eigenvalue weighted by Crippen LogP contribution is -2.20. The SMILES string of the molecule is NCCc1nc2c(S(=O)(=O)c3ccccc3)nc3[nH]ccc3c2n1C1CC2CCC1C2. The van der Waals surface area contributed by atoms with Crippen molar-refractivity contribution >= 4 is 31.9 Å². The highest BCUT2D eigenvalue weighted by Gasteiger charge is 2.42. The Morgan fingerprint density at radius 1 is 1.10 bits per heavy atom. The Bertz CT molecular complexity index is 1390. The average molecular weight is 436 g/mol. The Balaban J connectivity index is 1.67. The summed E-state index contributed by atoms with van der Waals surface area (Å²) in [4.78, 5) is 12.8. The second-order valence-electron chi connectivity index (χ2n) is 8.85. The number of rotatable bonds is 5. The third-order valence-corrected chi connectivity index (χ3v) is 8.78. The number of pyridine rings is 1. The van der Waals surface area contributed by atoms with Gasteiger partial charge in [-0.15, -0.1) is 0 Å². The molecule has 0 saturated heterocycles. The Labute approximate surface area is 180 Å². The van der Waals surface area contributed by atoms with Crippen LogP contribution < -0.4 is 5.73 Å². The third kappa shape index (κ3) is 2.78. The molecule has 8 heteroatoms. The maximum absolute atomic E-state index is 13.6. The molecule has 160 valence electrons. The minimum atomic E-state index is -3.83. The molecule has 3 N–H and O–H groups in total.